The van der Waals surface area contributed by atoms with Crippen LogP contribution in [0.5, 0.6) is 11.5 Å². The smallest absolute Gasteiger partial charge is 0.342 e. The van der Waals surface area contributed by atoms with Crippen molar-refractivity contribution in [2.24, 2.45) is 0 Å². The molecule has 32 heavy (non-hydrogen) atoms. The van der Waals surface area contributed by atoms with Crippen molar-refractivity contribution in [1.29, 1.82) is 0 Å². The van der Waals surface area contributed by atoms with Crippen LogP contribution >= 0.6 is 0 Å². The second-order valence-corrected chi connectivity index (χ2v) is 8.65. The molecule has 1 fully saturated rings. The highest BCUT2D eigenvalue weighted by Crippen LogP contribution is 2.42. The number of allylic oxidation sites excluding steroid dienone is 2. The van der Waals surface area contributed by atoms with Crippen LogP contribution in [0.1, 0.15) is 72.5 Å². The molecule has 1 aromatic rings. The van der Waals surface area contributed by atoms with Crippen LogP contribution in [0, 0.1) is 6.92 Å². The third kappa shape index (κ3) is 5.82. The molecule has 2 aliphatic heterocycles. The number of methoxy groups -OCH3 is 1. The van der Waals surface area contributed by atoms with Crippen LogP contribution in [0.3, 0.4) is 0 Å². The first-order valence-corrected chi connectivity index (χ1v) is 11.5. The van der Waals surface area contributed by atoms with Gasteiger partial charge in [0.05, 0.1) is 13.7 Å². The van der Waals surface area contributed by atoms with Gasteiger partial charge in [-0.05, 0) is 64.6 Å². The van der Waals surface area contributed by atoms with Crippen molar-refractivity contribution in [3.8, 4) is 11.5 Å². The van der Waals surface area contributed by atoms with Gasteiger partial charge in [0.2, 0.25) is 0 Å². The molecule has 1 aromatic carbocycles. The fourth-order valence-corrected chi connectivity index (χ4v) is 4.43. The van der Waals surface area contributed by atoms with Gasteiger partial charge in [-0.2, -0.15) is 0 Å². The summed E-state index contributed by atoms with van der Waals surface area (Å²) in [5.41, 5.74) is 3.29. The molecule has 0 bridgehead atoms. The number of rotatable bonds is 10. The van der Waals surface area contributed by atoms with Gasteiger partial charge in [-0.3, -0.25) is 4.79 Å². The van der Waals surface area contributed by atoms with Gasteiger partial charge < -0.3 is 24.2 Å². The topological polar surface area (TPSA) is 85.3 Å². The number of phenolic OH excluding ortho intramolecular Hbond substituents is 1. The van der Waals surface area contributed by atoms with E-state index in [-0.39, 0.29) is 23.9 Å². The van der Waals surface area contributed by atoms with Gasteiger partial charge in [0.25, 0.3) is 0 Å². The van der Waals surface area contributed by atoms with E-state index in [2.05, 4.69) is 4.90 Å². The number of nitrogens with zero attached hydrogens (tertiary/aromatic N) is 1. The number of likely N-dealkylation sites (tertiary alicyclic amines) is 1. The minimum atomic E-state index is -0.506. The van der Waals surface area contributed by atoms with Gasteiger partial charge in [0, 0.05) is 24.1 Å². The van der Waals surface area contributed by atoms with Crippen LogP contribution in [-0.4, -0.2) is 55.3 Å². The number of carbonyl (C=O) groups is 2. The number of hydrogen-bond donors (Lipinski definition) is 1. The van der Waals surface area contributed by atoms with Crippen molar-refractivity contribution in [1.82, 2.24) is 4.90 Å². The molecule has 2 heterocycles. The molecule has 1 saturated heterocycles. The molecular formula is C25H35NO6. The molecule has 0 spiro atoms. The zero-order chi connectivity index (χ0) is 23.1. The normalized spacial score (nSPS) is 16.6. The molecule has 0 atom stereocenters. The van der Waals surface area contributed by atoms with Crippen molar-refractivity contribution in [2.45, 2.75) is 65.4 Å². The van der Waals surface area contributed by atoms with Gasteiger partial charge in [-0.25, -0.2) is 4.79 Å². The Bertz CT molecular complexity index is 870. The van der Waals surface area contributed by atoms with Crippen molar-refractivity contribution in [2.75, 3.05) is 33.4 Å². The zero-order valence-electron chi connectivity index (χ0n) is 19.5. The Morgan fingerprint density at radius 2 is 1.97 bits per heavy atom. The molecule has 0 unspecified atom stereocenters. The van der Waals surface area contributed by atoms with E-state index in [1.165, 1.54) is 19.3 Å². The number of aromatic hydroxyl groups is 1. The lowest BCUT2D eigenvalue weighted by Gasteiger charge is -2.26. The van der Waals surface area contributed by atoms with E-state index < -0.39 is 5.97 Å². The molecule has 7 heteroatoms. The molecule has 0 saturated carbocycles. The van der Waals surface area contributed by atoms with E-state index >= 15 is 0 Å². The fraction of sp³-hybridized carbons (Fsp3) is 0.600. The first-order valence-electron chi connectivity index (χ1n) is 11.5. The highest BCUT2D eigenvalue weighted by atomic mass is 16.5. The maximum absolute atomic E-state index is 12.1. The van der Waals surface area contributed by atoms with Crippen LogP contribution in [-0.2, 0) is 27.3 Å². The fourth-order valence-electron chi connectivity index (χ4n) is 4.43. The van der Waals surface area contributed by atoms with E-state index in [0.29, 0.717) is 42.7 Å². The Morgan fingerprint density at radius 3 is 2.69 bits per heavy atom. The summed E-state index contributed by atoms with van der Waals surface area (Å²) in [5, 5.41) is 10.7. The van der Waals surface area contributed by atoms with Gasteiger partial charge >= 0.3 is 11.9 Å². The van der Waals surface area contributed by atoms with E-state index in [4.69, 9.17) is 14.2 Å². The summed E-state index contributed by atoms with van der Waals surface area (Å²) >= 11 is 0. The maximum Gasteiger partial charge on any atom is 0.342 e. The molecule has 3 rings (SSSR count). The number of carbonyl (C=O) groups excluding carboxylic acids is 2. The highest BCUT2D eigenvalue weighted by molar-refractivity contribution is 5.98. The van der Waals surface area contributed by atoms with Crippen LogP contribution < -0.4 is 4.74 Å². The molecule has 0 aliphatic carbocycles. The first kappa shape index (κ1) is 24.1. The van der Waals surface area contributed by atoms with Crippen LogP contribution in [0.2, 0.25) is 0 Å². The Balaban J connectivity index is 1.48. The van der Waals surface area contributed by atoms with Crippen molar-refractivity contribution in [3.05, 3.63) is 33.9 Å². The van der Waals surface area contributed by atoms with E-state index in [1.807, 2.05) is 19.9 Å². The summed E-state index contributed by atoms with van der Waals surface area (Å²) in [6.45, 7) is 7.73. The summed E-state index contributed by atoms with van der Waals surface area (Å²) < 4.78 is 16.0. The number of piperidine rings is 1. The number of cyclic esters (lactones) is 1. The minimum absolute atomic E-state index is 0.0814. The van der Waals surface area contributed by atoms with Gasteiger partial charge in [-0.1, -0.05) is 18.1 Å². The standard InChI is InChI=1S/C25H35NO6/c1-17(9-11-21(27)31-15-7-14-26-12-5-4-6-13-26)8-10-19-23(28)22-20(16-32-25(22)29)18(2)24(19)30-3/h8,28H,4-7,9-16H2,1-3H3. The van der Waals surface area contributed by atoms with Gasteiger partial charge in [0.15, 0.2) is 0 Å². The summed E-state index contributed by atoms with van der Waals surface area (Å²) in [7, 11) is 1.55. The summed E-state index contributed by atoms with van der Waals surface area (Å²) in [5.74, 6) is -0.208. The van der Waals surface area contributed by atoms with Crippen LogP contribution in [0.25, 0.3) is 0 Å². The average molecular weight is 446 g/mol. The van der Waals surface area contributed by atoms with Crippen LogP contribution in [0.4, 0.5) is 0 Å². The molecule has 1 N–H and O–H groups in total. The second-order valence-electron chi connectivity index (χ2n) is 8.65. The third-order valence-corrected chi connectivity index (χ3v) is 6.36. The lowest BCUT2D eigenvalue weighted by atomic mass is 9.94. The SMILES string of the molecule is COc1c(C)c2c(c(O)c1CC=C(C)CCC(=O)OCCCN1CCCCC1)C(=O)OC2. The van der Waals surface area contributed by atoms with E-state index in [9.17, 15) is 14.7 Å². The lowest BCUT2D eigenvalue weighted by molar-refractivity contribution is -0.143. The number of esters is 2. The zero-order valence-corrected chi connectivity index (χ0v) is 19.5. The molecular weight excluding hydrogens is 410 g/mol. The number of phenols is 1. The van der Waals surface area contributed by atoms with Crippen LogP contribution in [0.15, 0.2) is 11.6 Å². The molecule has 0 aromatic heterocycles. The third-order valence-electron chi connectivity index (χ3n) is 6.36. The van der Waals surface area contributed by atoms with Crippen molar-refractivity contribution < 1.29 is 28.9 Å². The predicted molar refractivity (Wildman–Crippen MR) is 121 cm³/mol. The molecule has 7 nitrogen and oxygen atoms in total. The maximum atomic E-state index is 12.1. The lowest BCUT2D eigenvalue weighted by Crippen LogP contribution is -2.31. The average Bonchev–Trinajstić information content (AvgIpc) is 3.19. The van der Waals surface area contributed by atoms with Gasteiger partial charge in [-0.15, -0.1) is 0 Å². The number of fused-ring (bicyclic) bond motifs is 1. The predicted octanol–water partition coefficient (Wildman–Crippen LogP) is 4.07. The summed E-state index contributed by atoms with van der Waals surface area (Å²) in [4.78, 5) is 26.5. The Morgan fingerprint density at radius 1 is 1.22 bits per heavy atom. The molecule has 0 radical (unpaired) electrons. The minimum Gasteiger partial charge on any atom is -0.507 e. The molecule has 2 aliphatic rings. The van der Waals surface area contributed by atoms with Crippen molar-refractivity contribution >= 4 is 11.9 Å². The van der Waals surface area contributed by atoms with Gasteiger partial charge in [0.1, 0.15) is 23.7 Å². The Hall–Kier alpha value is -2.54. The largest absolute Gasteiger partial charge is 0.507 e. The van der Waals surface area contributed by atoms with Crippen molar-refractivity contribution in [3.63, 3.8) is 0 Å². The quantitative estimate of drug-likeness (QED) is 0.330. The van der Waals surface area contributed by atoms with E-state index in [0.717, 1.165) is 37.2 Å². The number of benzene rings is 1. The number of hydrogen-bond acceptors (Lipinski definition) is 7. The summed E-state index contributed by atoms with van der Waals surface area (Å²) in [6.07, 6.45) is 7.99. The Kier molecular flexibility index (Phi) is 8.56. The first-order chi connectivity index (χ1) is 15.4. The van der Waals surface area contributed by atoms with E-state index in [1.54, 1.807) is 7.11 Å². The molecule has 0 amide bonds. The second kappa shape index (κ2) is 11.4. The number of ether oxygens (including phenoxy) is 3. The summed E-state index contributed by atoms with van der Waals surface area (Å²) in [6, 6.07) is 0. The highest BCUT2D eigenvalue weighted by Gasteiger charge is 2.31. The Labute approximate surface area is 190 Å². The monoisotopic (exact) mass is 445 g/mol. The molecule has 176 valence electrons.